The molecule has 0 spiro atoms. The summed E-state index contributed by atoms with van der Waals surface area (Å²) in [5.74, 6) is -0.766. The molecule has 0 aliphatic carbocycles. The normalized spacial score (nSPS) is 12.2. The van der Waals surface area contributed by atoms with Gasteiger partial charge >= 0.3 is 0 Å². The molecule has 0 radical (unpaired) electrons. The molecule has 20 heavy (non-hydrogen) atoms. The maximum atomic E-state index is 13.9. The lowest BCUT2D eigenvalue weighted by Gasteiger charge is -2.27. The number of benzene rings is 2. The van der Waals surface area contributed by atoms with Crippen molar-refractivity contribution in [2.45, 2.75) is 20.0 Å². The van der Waals surface area contributed by atoms with Gasteiger partial charge in [-0.1, -0.05) is 6.07 Å². The van der Waals surface area contributed by atoms with E-state index in [-0.39, 0.29) is 11.4 Å². The van der Waals surface area contributed by atoms with Crippen LogP contribution in [0.2, 0.25) is 0 Å². The van der Waals surface area contributed by atoms with Gasteiger partial charge in [0.25, 0.3) is 0 Å². The van der Waals surface area contributed by atoms with Gasteiger partial charge in [-0.3, -0.25) is 0 Å². The first-order valence-corrected chi connectivity index (χ1v) is 6.54. The molecule has 2 nitrogen and oxygen atoms in total. The van der Waals surface area contributed by atoms with Crippen LogP contribution in [0.1, 0.15) is 25.5 Å². The first-order valence-electron chi connectivity index (χ1n) is 6.54. The third kappa shape index (κ3) is 2.80. The predicted octanol–water partition coefficient (Wildman–Crippen LogP) is 4.18. The van der Waals surface area contributed by atoms with Crippen LogP contribution in [0.25, 0.3) is 0 Å². The van der Waals surface area contributed by atoms with E-state index in [4.69, 9.17) is 0 Å². The van der Waals surface area contributed by atoms with Gasteiger partial charge in [-0.2, -0.15) is 0 Å². The van der Waals surface area contributed by atoms with Crippen LogP contribution in [-0.4, -0.2) is 11.7 Å². The molecule has 1 atom stereocenters. The molecule has 2 aromatic carbocycles. The maximum Gasteiger partial charge on any atom is 0.131 e. The fourth-order valence-electron chi connectivity index (χ4n) is 2.29. The molecule has 2 aromatic rings. The Morgan fingerprint density at radius 2 is 1.75 bits per heavy atom. The van der Waals surface area contributed by atoms with E-state index in [2.05, 4.69) is 0 Å². The van der Waals surface area contributed by atoms with Crippen LogP contribution in [0.4, 0.5) is 20.2 Å². The molecule has 0 aromatic heterocycles. The number of halogens is 2. The number of aliphatic hydroxyl groups is 1. The number of hydrogen-bond donors (Lipinski definition) is 1. The SMILES string of the molecule is CCN(c1ccc(F)cc1)c1cccc(F)c1[C@H](C)O. The average Bonchev–Trinajstić information content (AvgIpc) is 2.41. The Morgan fingerprint density at radius 1 is 1.10 bits per heavy atom. The summed E-state index contributed by atoms with van der Waals surface area (Å²) in [6, 6.07) is 10.7. The van der Waals surface area contributed by atoms with E-state index in [1.807, 2.05) is 11.8 Å². The second-order valence-corrected chi connectivity index (χ2v) is 4.57. The summed E-state index contributed by atoms with van der Waals surface area (Å²) in [4.78, 5) is 1.84. The van der Waals surface area contributed by atoms with Crippen molar-refractivity contribution in [2.24, 2.45) is 0 Å². The van der Waals surface area contributed by atoms with E-state index in [0.717, 1.165) is 5.69 Å². The van der Waals surface area contributed by atoms with Gasteiger partial charge in [0.05, 0.1) is 6.10 Å². The molecule has 0 bridgehead atoms. The summed E-state index contributed by atoms with van der Waals surface area (Å²) in [7, 11) is 0. The predicted molar refractivity (Wildman–Crippen MR) is 76.1 cm³/mol. The zero-order valence-electron chi connectivity index (χ0n) is 11.5. The highest BCUT2D eigenvalue weighted by Crippen LogP contribution is 2.33. The number of nitrogens with zero attached hydrogens (tertiary/aromatic N) is 1. The zero-order chi connectivity index (χ0) is 14.7. The molecule has 0 fully saturated rings. The Hall–Kier alpha value is -1.94. The topological polar surface area (TPSA) is 23.5 Å². The monoisotopic (exact) mass is 277 g/mol. The molecule has 0 saturated carbocycles. The number of aliphatic hydroxyl groups excluding tert-OH is 1. The molecule has 0 aliphatic heterocycles. The van der Waals surface area contributed by atoms with Crippen molar-refractivity contribution in [3.8, 4) is 0 Å². The van der Waals surface area contributed by atoms with Crippen LogP contribution < -0.4 is 4.90 Å². The number of rotatable bonds is 4. The van der Waals surface area contributed by atoms with Crippen molar-refractivity contribution in [3.63, 3.8) is 0 Å². The van der Waals surface area contributed by atoms with Crippen molar-refractivity contribution in [1.29, 1.82) is 0 Å². The van der Waals surface area contributed by atoms with Gasteiger partial charge < -0.3 is 10.0 Å². The third-order valence-corrected chi connectivity index (χ3v) is 3.19. The minimum absolute atomic E-state index is 0.249. The van der Waals surface area contributed by atoms with Crippen molar-refractivity contribution in [2.75, 3.05) is 11.4 Å². The largest absolute Gasteiger partial charge is 0.389 e. The van der Waals surface area contributed by atoms with Gasteiger partial charge in [0.1, 0.15) is 11.6 Å². The first kappa shape index (κ1) is 14.5. The van der Waals surface area contributed by atoms with Crippen LogP contribution in [0, 0.1) is 11.6 Å². The van der Waals surface area contributed by atoms with E-state index in [9.17, 15) is 13.9 Å². The quantitative estimate of drug-likeness (QED) is 0.906. The Labute approximate surface area is 117 Å². The van der Waals surface area contributed by atoms with Crippen LogP contribution in [-0.2, 0) is 0 Å². The molecule has 0 amide bonds. The standard InChI is InChI=1S/C16H17F2NO/c1-3-19(13-9-7-12(17)8-10-13)15-6-4-5-14(18)16(15)11(2)20/h4-11,20H,3H2,1-2H3/t11-/m0/s1. The van der Waals surface area contributed by atoms with Crippen molar-refractivity contribution in [3.05, 3.63) is 59.7 Å². The Kier molecular flexibility index (Phi) is 4.35. The molecule has 0 unspecified atom stereocenters. The third-order valence-electron chi connectivity index (χ3n) is 3.19. The molecule has 0 aliphatic rings. The van der Waals surface area contributed by atoms with Gasteiger partial charge in [-0.05, 0) is 50.2 Å². The highest BCUT2D eigenvalue weighted by Gasteiger charge is 2.18. The number of anilines is 2. The van der Waals surface area contributed by atoms with Gasteiger partial charge in [-0.25, -0.2) is 8.78 Å². The lowest BCUT2D eigenvalue weighted by Crippen LogP contribution is -2.19. The number of hydrogen-bond acceptors (Lipinski definition) is 2. The fraction of sp³-hybridized carbons (Fsp3) is 0.250. The lowest BCUT2D eigenvalue weighted by molar-refractivity contribution is 0.194. The molecule has 4 heteroatoms. The maximum absolute atomic E-state index is 13.9. The van der Waals surface area contributed by atoms with E-state index >= 15 is 0 Å². The minimum atomic E-state index is -0.916. The summed E-state index contributed by atoms with van der Waals surface area (Å²) < 4.78 is 26.9. The fourth-order valence-corrected chi connectivity index (χ4v) is 2.29. The van der Waals surface area contributed by atoms with Crippen molar-refractivity contribution >= 4 is 11.4 Å². The smallest absolute Gasteiger partial charge is 0.131 e. The average molecular weight is 277 g/mol. The molecule has 106 valence electrons. The molecule has 2 rings (SSSR count). The molecular formula is C16H17F2NO. The van der Waals surface area contributed by atoms with Gasteiger partial charge in [-0.15, -0.1) is 0 Å². The molecule has 1 N–H and O–H groups in total. The Balaban J connectivity index is 2.52. The van der Waals surface area contributed by atoms with E-state index in [1.54, 1.807) is 24.3 Å². The van der Waals surface area contributed by atoms with Crippen LogP contribution in [0.5, 0.6) is 0 Å². The van der Waals surface area contributed by atoms with Crippen LogP contribution >= 0.6 is 0 Å². The zero-order valence-corrected chi connectivity index (χ0v) is 11.5. The van der Waals surface area contributed by atoms with Crippen LogP contribution in [0.15, 0.2) is 42.5 Å². The molecular weight excluding hydrogens is 260 g/mol. The highest BCUT2D eigenvalue weighted by molar-refractivity contribution is 5.67. The second kappa shape index (κ2) is 6.01. The summed E-state index contributed by atoms with van der Waals surface area (Å²) in [5, 5.41) is 9.79. The first-order chi connectivity index (χ1) is 9.54. The van der Waals surface area contributed by atoms with Crippen molar-refractivity contribution in [1.82, 2.24) is 0 Å². The summed E-state index contributed by atoms with van der Waals surface area (Å²) in [6.45, 7) is 4.02. The highest BCUT2D eigenvalue weighted by atomic mass is 19.1. The Morgan fingerprint density at radius 3 is 2.30 bits per heavy atom. The lowest BCUT2D eigenvalue weighted by atomic mass is 10.1. The van der Waals surface area contributed by atoms with E-state index in [0.29, 0.717) is 12.2 Å². The Bertz CT molecular complexity index is 582. The minimum Gasteiger partial charge on any atom is -0.389 e. The van der Waals surface area contributed by atoms with E-state index < -0.39 is 11.9 Å². The van der Waals surface area contributed by atoms with Crippen molar-refractivity contribution < 1.29 is 13.9 Å². The van der Waals surface area contributed by atoms with Gasteiger partial charge in [0.2, 0.25) is 0 Å². The molecule has 0 heterocycles. The summed E-state index contributed by atoms with van der Waals surface area (Å²) in [6.07, 6.45) is -0.916. The molecule has 0 saturated heterocycles. The summed E-state index contributed by atoms with van der Waals surface area (Å²) in [5.41, 5.74) is 1.59. The van der Waals surface area contributed by atoms with E-state index in [1.165, 1.54) is 25.1 Å². The van der Waals surface area contributed by atoms with Gasteiger partial charge in [0, 0.05) is 23.5 Å². The van der Waals surface area contributed by atoms with Gasteiger partial charge in [0.15, 0.2) is 0 Å². The summed E-state index contributed by atoms with van der Waals surface area (Å²) >= 11 is 0. The van der Waals surface area contributed by atoms with Crippen LogP contribution in [0.3, 0.4) is 0 Å². The second-order valence-electron chi connectivity index (χ2n) is 4.57.